The first-order chi connectivity index (χ1) is 9.92. The summed E-state index contributed by atoms with van der Waals surface area (Å²) in [6.45, 7) is 5.94. The molecule has 2 aromatic rings. The molecule has 2 rings (SSSR count). The highest BCUT2D eigenvalue weighted by atomic mass is 79.9. The van der Waals surface area contributed by atoms with Crippen molar-refractivity contribution in [3.63, 3.8) is 0 Å². The van der Waals surface area contributed by atoms with Gasteiger partial charge in [0.15, 0.2) is 0 Å². The third-order valence-corrected chi connectivity index (χ3v) is 3.97. The molecule has 1 aromatic heterocycles. The highest BCUT2D eigenvalue weighted by Crippen LogP contribution is 2.27. The van der Waals surface area contributed by atoms with E-state index in [0.29, 0.717) is 0 Å². The predicted molar refractivity (Wildman–Crippen MR) is 86.1 cm³/mol. The van der Waals surface area contributed by atoms with Crippen molar-refractivity contribution in [1.82, 2.24) is 5.32 Å². The molecular weight excluding hydrogens is 334 g/mol. The summed E-state index contributed by atoms with van der Waals surface area (Å²) in [4.78, 5) is 11.8. The molecule has 114 valence electrons. The van der Waals surface area contributed by atoms with Gasteiger partial charge in [0.05, 0.1) is 13.2 Å². The Balaban J connectivity index is 2.20. The molecule has 0 radical (unpaired) electrons. The van der Waals surface area contributed by atoms with E-state index in [2.05, 4.69) is 21.2 Å². The normalized spacial score (nSPS) is 14.4. The van der Waals surface area contributed by atoms with Crippen LogP contribution in [0.25, 0.3) is 11.0 Å². The minimum Gasteiger partial charge on any atom is -0.468 e. The SMILES string of the molecule is COC(=O)[C@@H](NC(C)c1cc2cc(Br)ccc2o1)C(C)C. The van der Waals surface area contributed by atoms with Crippen LogP contribution in [0.2, 0.25) is 0 Å². The van der Waals surface area contributed by atoms with Crippen LogP contribution in [0.4, 0.5) is 0 Å². The first-order valence-corrected chi connectivity index (χ1v) is 7.74. The summed E-state index contributed by atoms with van der Waals surface area (Å²) >= 11 is 3.45. The van der Waals surface area contributed by atoms with Gasteiger partial charge in [-0.25, -0.2) is 0 Å². The number of carbonyl (C=O) groups is 1. The third kappa shape index (κ3) is 3.66. The van der Waals surface area contributed by atoms with E-state index in [4.69, 9.17) is 9.15 Å². The van der Waals surface area contributed by atoms with Gasteiger partial charge in [0.2, 0.25) is 0 Å². The van der Waals surface area contributed by atoms with Crippen LogP contribution in [0.3, 0.4) is 0 Å². The Morgan fingerprint density at radius 1 is 1.29 bits per heavy atom. The minimum atomic E-state index is -0.357. The molecule has 4 nitrogen and oxygen atoms in total. The van der Waals surface area contributed by atoms with Crippen LogP contribution in [-0.2, 0) is 9.53 Å². The van der Waals surface area contributed by atoms with Crippen molar-refractivity contribution in [1.29, 1.82) is 0 Å². The summed E-state index contributed by atoms with van der Waals surface area (Å²) in [6.07, 6.45) is 0. The fourth-order valence-corrected chi connectivity index (χ4v) is 2.64. The molecule has 0 fully saturated rings. The number of hydrogen-bond donors (Lipinski definition) is 1. The molecule has 2 atom stereocenters. The zero-order chi connectivity index (χ0) is 15.6. The van der Waals surface area contributed by atoms with Crippen LogP contribution in [0.5, 0.6) is 0 Å². The van der Waals surface area contributed by atoms with Gasteiger partial charge in [-0.05, 0) is 37.1 Å². The van der Waals surface area contributed by atoms with E-state index in [-0.39, 0.29) is 24.0 Å². The minimum absolute atomic E-state index is 0.0809. The van der Waals surface area contributed by atoms with Crippen molar-refractivity contribution >= 4 is 32.9 Å². The van der Waals surface area contributed by atoms with Gasteiger partial charge in [-0.2, -0.15) is 0 Å². The number of hydrogen-bond acceptors (Lipinski definition) is 4. The van der Waals surface area contributed by atoms with Crippen LogP contribution >= 0.6 is 15.9 Å². The van der Waals surface area contributed by atoms with Gasteiger partial charge in [-0.15, -0.1) is 0 Å². The summed E-state index contributed by atoms with van der Waals surface area (Å²) in [5, 5.41) is 4.31. The largest absolute Gasteiger partial charge is 0.468 e. The molecule has 0 aliphatic carbocycles. The smallest absolute Gasteiger partial charge is 0.323 e. The molecule has 1 unspecified atom stereocenters. The van der Waals surface area contributed by atoms with Gasteiger partial charge in [0.1, 0.15) is 17.4 Å². The van der Waals surface area contributed by atoms with E-state index in [9.17, 15) is 4.79 Å². The Hall–Kier alpha value is -1.33. The number of benzene rings is 1. The molecule has 0 aliphatic rings. The number of ether oxygens (including phenoxy) is 1. The van der Waals surface area contributed by atoms with Crippen LogP contribution < -0.4 is 5.32 Å². The lowest BCUT2D eigenvalue weighted by Crippen LogP contribution is -2.42. The summed E-state index contributed by atoms with van der Waals surface area (Å²) < 4.78 is 11.7. The van der Waals surface area contributed by atoms with Crippen LogP contribution in [-0.4, -0.2) is 19.1 Å². The Kier molecular flexibility index (Phi) is 5.06. The highest BCUT2D eigenvalue weighted by molar-refractivity contribution is 9.10. The summed E-state index contributed by atoms with van der Waals surface area (Å²) in [5.74, 6) is 0.687. The molecular formula is C16H20BrNO3. The molecule has 5 heteroatoms. The third-order valence-electron chi connectivity index (χ3n) is 3.48. The second-order valence-electron chi connectivity index (χ2n) is 5.46. The van der Waals surface area contributed by atoms with Crippen molar-refractivity contribution in [2.45, 2.75) is 32.9 Å². The Bertz CT molecular complexity index is 635. The fourth-order valence-electron chi connectivity index (χ4n) is 2.26. The van der Waals surface area contributed by atoms with E-state index < -0.39 is 0 Å². The van der Waals surface area contributed by atoms with Crippen LogP contribution in [0.1, 0.15) is 32.6 Å². The van der Waals surface area contributed by atoms with Gasteiger partial charge in [-0.1, -0.05) is 29.8 Å². The van der Waals surface area contributed by atoms with Gasteiger partial charge in [-0.3, -0.25) is 10.1 Å². The number of rotatable bonds is 5. The first kappa shape index (κ1) is 16.0. The quantitative estimate of drug-likeness (QED) is 0.824. The number of furan rings is 1. The summed E-state index contributed by atoms with van der Waals surface area (Å²) in [5.41, 5.74) is 0.834. The zero-order valence-corrected chi connectivity index (χ0v) is 14.2. The molecule has 0 saturated heterocycles. The predicted octanol–water partition coefficient (Wildman–Crippen LogP) is 4.04. The Morgan fingerprint density at radius 3 is 2.62 bits per heavy atom. The molecule has 0 bridgehead atoms. The second kappa shape index (κ2) is 6.62. The van der Waals surface area contributed by atoms with Crippen LogP contribution in [0.15, 0.2) is 33.2 Å². The van der Waals surface area contributed by atoms with Crippen molar-refractivity contribution in [3.05, 3.63) is 34.5 Å². The lowest BCUT2D eigenvalue weighted by Gasteiger charge is -2.23. The molecule has 0 aliphatic heterocycles. The first-order valence-electron chi connectivity index (χ1n) is 6.95. The van der Waals surface area contributed by atoms with Gasteiger partial charge in [0, 0.05) is 9.86 Å². The van der Waals surface area contributed by atoms with Gasteiger partial charge in [0.25, 0.3) is 0 Å². The van der Waals surface area contributed by atoms with Gasteiger partial charge < -0.3 is 9.15 Å². The van der Waals surface area contributed by atoms with E-state index >= 15 is 0 Å². The molecule has 0 amide bonds. The standard InChI is InChI=1S/C16H20BrNO3/c1-9(2)15(16(19)20-4)18-10(3)14-8-11-7-12(17)5-6-13(11)21-14/h5-10,15,18H,1-4H3/t10?,15-/m0/s1. The van der Waals surface area contributed by atoms with Gasteiger partial charge >= 0.3 is 5.97 Å². The van der Waals surface area contributed by atoms with E-state index in [1.807, 2.05) is 45.0 Å². The average molecular weight is 354 g/mol. The zero-order valence-electron chi connectivity index (χ0n) is 12.6. The molecule has 1 N–H and O–H groups in total. The molecule has 0 saturated carbocycles. The average Bonchev–Trinajstić information content (AvgIpc) is 2.86. The monoisotopic (exact) mass is 353 g/mol. The summed E-state index contributed by atoms with van der Waals surface area (Å²) in [6, 6.07) is 7.43. The van der Waals surface area contributed by atoms with E-state index in [1.165, 1.54) is 7.11 Å². The Labute approximate surface area is 133 Å². The van der Waals surface area contributed by atoms with E-state index in [1.54, 1.807) is 0 Å². The molecule has 21 heavy (non-hydrogen) atoms. The Morgan fingerprint density at radius 2 is 2.00 bits per heavy atom. The van der Waals surface area contributed by atoms with Crippen molar-refractivity contribution < 1.29 is 13.9 Å². The lowest BCUT2D eigenvalue weighted by molar-refractivity contribution is -0.144. The molecule has 1 heterocycles. The number of nitrogens with one attached hydrogen (secondary N) is 1. The van der Waals surface area contributed by atoms with Crippen molar-refractivity contribution in [2.24, 2.45) is 5.92 Å². The topological polar surface area (TPSA) is 51.5 Å². The number of esters is 1. The number of methoxy groups -OCH3 is 1. The van der Waals surface area contributed by atoms with Crippen molar-refractivity contribution in [3.8, 4) is 0 Å². The second-order valence-corrected chi connectivity index (χ2v) is 6.38. The maximum atomic E-state index is 11.8. The fraction of sp³-hybridized carbons (Fsp3) is 0.438. The van der Waals surface area contributed by atoms with Crippen molar-refractivity contribution in [2.75, 3.05) is 7.11 Å². The lowest BCUT2D eigenvalue weighted by atomic mass is 10.0. The van der Waals surface area contributed by atoms with Crippen LogP contribution in [0, 0.1) is 5.92 Å². The number of carbonyl (C=O) groups excluding carboxylic acids is 1. The molecule has 1 aromatic carbocycles. The summed E-state index contributed by atoms with van der Waals surface area (Å²) in [7, 11) is 1.41. The maximum Gasteiger partial charge on any atom is 0.323 e. The highest BCUT2D eigenvalue weighted by Gasteiger charge is 2.26. The number of halogens is 1. The van der Waals surface area contributed by atoms with E-state index in [0.717, 1.165) is 21.2 Å². The molecule has 0 spiro atoms. The number of fused-ring (bicyclic) bond motifs is 1. The maximum absolute atomic E-state index is 11.8.